The standard InChI is InChI=1S/C18H26N2O4/c1-13(2)11-16(18(23)24)19-17(22)9-10-20(14(3)21)12-15-7-5-4-6-8-15/h4-8,13,16H,9-12H2,1-3H3,(H,19,22)(H,23,24). The normalized spacial score (nSPS) is 11.8. The molecule has 132 valence electrons. The number of aliphatic carboxylic acids is 1. The van der Waals surface area contributed by atoms with E-state index in [1.807, 2.05) is 44.2 Å². The van der Waals surface area contributed by atoms with Gasteiger partial charge in [-0.25, -0.2) is 4.79 Å². The molecule has 0 aliphatic heterocycles. The van der Waals surface area contributed by atoms with E-state index in [0.29, 0.717) is 13.0 Å². The zero-order chi connectivity index (χ0) is 18.1. The molecular weight excluding hydrogens is 308 g/mol. The lowest BCUT2D eigenvalue weighted by Crippen LogP contribution is -2.43. The van der Waals surface area contributed by atoms with Crippen molar-refractivity contribution >= 4 is 17.8 Å². The minimum atomic E-state index is -1.04. The highest BCUT2D eigenvalue weighted by molar-refractivity contribution is 5.84. The van der Waals surface area contributed by atoms with Gasteiger partial charge in [-0.15, -0.1) is 0 Å². The van der Waals surface area contributed by atoms with Gasteiger partial charge in [-0.2, -0.15) is 0 Å². The van der Waals surface area contributed by atoms with E-state index in [9.17, 15) is 14.4 Å². The molecule has 1 aromatic carbocycles. The van der Waals surface area contributed by atoms with Crippen LogP contribution in [0.5, 0.6) is 0 Å². The number of carbonyl (C=O) groups excluding carboxylic acids is 2. The number of benzene rings is 1. The lowest BCUT2D eigenvalue weighted by atomic mass is 10.0. The van der Waals surface area contributed by atoms with E-state index in [2.05, 4.69) is 5.32 Å². The van der Waals surface area contributed by atoms with Gasteiger partial charge in [0.25, 0.3) is 0 Å². The van der Waals surface area contributed by atoms with Gasteiger partial charge < -0.3 is 15.3 Å². The molecule has 0 radical (unpaired) electrons. The molecule has 0 bridgehead atoms. The summed E-state index contributed by atoms with van der Waals surface area (Å²) in [7, 11) is 0. The maximum absolute atomic E-state index is 12.0. The van der Waals surface area contributed by atoms with Gasteiger partial charge in [0.1, 0.15) is 6.04 Å². The zero-order valence-electron chi connectivity index (χ0n) is 14.5. The van der Waals surface area contributed by atoms with Crippen molar-refractivity contribution < 1.29 is 19.5 Å². The van der Waals surface area contributed by atoms with Gasteiger partial charge in [0, 0.05) is 26.4 Å². The predicted octanol–water partition coefficient (Wildman–Crippen LogP) is 2.04. The Labute approximate surface area is 142 Å². The van der Waals surface area contributed by atoms with Crippen molar-refractivity contribution in [3.63, 3.8) is 0 Å². The molecule has 0 saturated carbocycles. The fraction of sp³-hybridized carbons (Fsp3) is 0.500. The molecule has 0 aliphatic carbocycles. The van der Waals surface area contributed by atoms with Crippen LogP contribution in [0.2, 0.25) is 0 Å². The largest absolute Gasteiger partial charge is 0.480 e. The van der Waals surface area contributed by atoms with E-state index < -0.39 is 12.0 Å². The average molecular weight is 334 g/mol. The van der Waals surface area contributed by atoms with Crippen LogP contribution < -0.4 is 5.32 Å². The van der Waals surface area contributed by atoms with E-state index in [1.165, 1.54) is 6.92 Å². The lowest BCUT2D eigenvalue weighted by molar-refractivity contribution is -0.142. The summed E-state index contributed by atoms with van der Waals surface area (Å²) in [6.45, 7) is 5.94. The molecule has 6 heteroatoms. The fourth-order valence-corrected chi connectivity index (χ4v) is 2.35. The molecular formula is C18H26N2O4. The van der Waals surface area contributed by atoms with Gasteiger partial charge in [0.05, 0.1) is 0 Å². The highest BCUT2D eigenvalue weighted by Crippen LogP contribution is 2.07. The summed E-state index contributed by atoms with van der Waals surface area (Å²) < 4.78 is 0. The number of carboxylic acid groups (broad SMARTS) is 1. The van der Waals surface area contributed by atoms with Gasteiger partial charge >= 0.3 is 5.97 Å². The van der Waals surface area contributed by atoms with E-state index in [4.69, 9.17) is 5.11 Å². The molecule has 0 aromatic heterocycles. The van der Waals surface area contributed by atoms with Gasteiger partial charge in [-0.1, -0.05) is 44.2 Å². The summed E-state index contributed by atoms with van der Waals surface area (Å²) in [5, 5.41) is 11.7. The van der Waals surface area contributed by atoms with Crippen molar-refractivity contribution in [3.05, 3.63) is 35.9 Å². The van der Waals surface area contributed by atoms with Gasteiger partial charge in [-0.3, -0.25) is 9.59 Å². The topological polar surface area (TPSA) is 86.7 Å². The number of amides is 2. The van der Waals surface area contributed by atoms with E-state index in [0.717, 1.165) is 5.56 Å². The minimum Gasteiger partial charge on any atom is -0.480 e. The third-order valence-corrected chi connectivity index (χ3v) is 3.61. The maximum Gasteiger partial charge on any atom is 0.326 e. The van der Waals surface area contributed by atoms with Crippen molar-refractivity contribution in [3.8, 4) is 0 Å². The first-order valence-corrected chi connectivity index (χ1v) is 8.11. The molecule has 2 amide bonds. The molecule has 6 nitrogen and oxygen atoms in total. The number of carbonyl (C=O) groups is 3. The van der Waals surface area contributed by atoms with E-state index in [1.54, 1.807) is 4.90 Å². The SMILES string of the molecule is CC(=O)N(CCC(=O)NC(CC(C)C)C(=O)O)Cc1ccccc1. The van der Waals surface area contributed by atoms with Crippen molar-refractivity contribution in [2.45, 2.75) is 46.2 Å². The van der Waals surface area contributed by atoms with Gasteiger partial charge in [0.2, 0.25) is 11.8 Å². The van der Waals surface area contributed by atoms with Crippen molar-refractivity contribution in [2.24, 2.45) is 5.92 Å². The number of nitrogens with one attached hydrogen (secondary N) is 1. The third kappa shape index (κ3) is 7.26. The summed E-state index contributed by atoms with van der Waals surface area (Å²) in [5.41, 5.74) is 0.983. The second-order valence-corrected chi connectivity index (χ2v) is 6.26. The van der Waals surface area contributed by atoms with Crippen molar-refractivity contribution in [1.82, 2.24) is 10.2 Å². The predicted molar refractivity (Wildman–Crippen MR) is 91.2 cm³/mol. The second-order valence-electron chi connectivity index (χ2n) is 6.26. The zero-order valence-corrected chi connectivity index (χ0v) is 14.5. The number of hydrogen-bond acceptors (Lipinski definition) is 3. The molecule has 0 aliphatic rings. The summed E-state index contributed by atoms with van der Waals surface area (Å²) in [6, 6.07) is 8.62. The molecule has 24 heavy (non-hydrogen) atoms. The molecule has 0 fully saturated rings. The summed E-state index contributed by atoms with van der Waals surface area (Å²) in [5.74, 6) is -1.35. The Hall–Kier alpha value is -2.37. The smallest absolute Gasteiger partial charge is 0.326 e. The molecule has 2 N–H and O–H groups in total. The molecule has 0 saturated heterocycles. The third-order valence-electron chi connectivity index (χ3n) is 3.61. The molecule has 1 unspecified atom stereocenters. The Balaban J connectivity index is 2.55. The fourth-order valence-electron chi connectivity index (χ4n) is 2.35. The Morgan fingerprint density at radius 2 is 1.79 bits per heavy atom. The van der Waals surface area contributed by atoms with Crippen LogP contribution in [0.25, 0.3) is 0 Å². The van der Waals surface area contributed by atoms with E-state index >= 15 is 0 Å². The Bertz CT molecular complexity index is 557. The summed E-state index contributed by atoms with van der Waals surface area (Å²) >= 11 is 0. The first kappa shape index (κ1) is 19.7. The summed E-state index contributed by atoms with van der Waals surface area (Å²) in [6.07, 6.45) is 0.454. The quantitative estimate of drug-likeness (QED) is 0.723. The number of rotatable bonds is 9. The van der Waals surface area contributed by atoms with Gasteiger partial charge in [0.15, 0.2) is 0 Å². The van der Waals surface area contributed by atoms with Crippen LogP contribution >= 0.6 is 0 Å². The monoisotopic (exact) mass is 334 g/mol. The van der Waals surface area contributed by atoms with Crippen LogP contribution in [0.15, 0.2) is 30.3 Å². The Kier molecular flexibility index (Phi) is 7.95. The number of hydrogen-bond donors (Lipinski definition) is 2. The van der Waals surface area contributed by atoms with Gasteiger partial charge in [-0.05, 0) is 17.9 Å². The number of carboxylic acids is 1. The molecule has 0 heterocycles. The highest BCUT2D eigenvalue weighted by Gasteiger charge is 2.21. The van der Waals surface area contributed by atoms with Crippen LogP contribution in [-0.4, -0.2) is 40.4 Å². The second kappa shape index (κ2) is 9.70. The molecule has 1 aromatic rings. The molecule has 1 rings (SSSR count). The Morgan fingerprint density at radius 1 is 1.17 bits per heavy atom. The van der Waals surface area contributed by atoms with Crippen molar-refractivity contribution in [1.29, 1.82) is 0 Å². The van der Waals surface area contributed by atoms with Crippen LogP contribution in [0.3, 0.4) is 0 Å². The van der Waals surface area contributed by atoms with Crippen molar-refractivity contribution in [2.75, 3.05) is 6.54 Å². The highest BCUT2D eigenvalue weighted by atomic mass is 16.4. The first-order valence-electron chi connectivity index (χ1n) is 8.11. The minimum absolute atomic E-state index is 0.0777. The first-order chi connectivity index (χ1) is 11.3. The van der Waals surface area contributed by atoms with Crippen LogP contribution in [0.1, 0.15) is 39.2 Å². The average Bonchev–Trinajstić information content (AvgIpc) is 2.51. The van der Waals surface area contributed by atoms with E-state index in [-0.39, 0.29) is 30.7 Å². The molecule has 0 spiro atoms. The number of nitrogens with zero attached hydrogens (tertiary/aromatic N) is 1. The van der Waals surface area contributed by atoms with Crippen LogP contribution in [-0.2, 0) is 20.9 Å². The Morgan fingerprint density at radius 3 is 2.29 bits per heavy atom. The van der Waals surface area contributed by atoms with Crippen LogP contribution in [0.4, 0.5) is 0 Å². The summed E-state index contributed by atoms with van der Waals surface area (Å²) in [4.78, 5) is 36.5. The molecule has 1 atom stereocenters. The maximum atomic E-state index is 12.0. The lowest BCUT2D eigenvalue weighted by Gasteiger charge is -2.22. The van der Waals surface area contributed by atoms with Crippen LogP contribution in [0, 0.1) is 5.92 Å².